The summed E-state index contributed by atoms with van der Waals surface area (Å²) in [6.07, 6.45) is -0.475. The number of carbonyl (C=O) groups is 2. The molecule has 1 aliphatic carbocycles. The van der Waals surface area contributed by atoms with E-state index in [2.05, 4.69) is 0 Å². The highest BCUT2D eigenvalue weighted by Gasteiger charge is 2.29. The van der Waals surface area contributed by atoms with Crippen molar-refractivity contribution in [1.29, 1.82) is 0 Å². The summed E-state index contributed by atoms with van der Waals surface area (Å²) in [5.74, 6) is -1.23. The summed E-state index contributed by atoms with van der Waals surface area (Å²) >= 11 is 0. The zero-order chi connectivity index (χ0) is 14.9. The maximum atomic E-state index is 11.4. The minimum atomic E-state index is -1.20. The fourth-order valence-corrected chi connectivity index (χ4v) is 2.20. The molecule has 0 aliphatic heterocycles. The van der Waals surface area contributed by atoms with Crippen LogP contribution in [0.25, 0.3) is 0 Å². The number of benzene rings is 1. The minimum Gasteiger partial charge on any atom is -0.479 e. The monoisotopic (exact) mass is 279 g/mol. The quantitative estimate of drug-likeness (QED) is 0.661. The summed E-state index contributed by atoms with van der Waals surface area (Å²) in [6.45, 7) is 1.30. The molecular formula is C13H13NO6. The number of rotatable bonds is 4. The number of nitro groups is 1. The molecule has 0 radical (unpaired) electrons. The fraction of sp³-hybridized carbons (Fsp3) is 0.385. The number of ether oxygens (including phenoxy) is 1. The number of hydrogen-bond acceptors (Lipinski definition) is 5. The SMILES string of the molecule is CC(Oc1ccc2c(c1[N+](=O)[O-])CCC(=O)C2)C(=O)O. The normalized spacial score (nSPS) is 15.3. The van der Waals surface area contributed by atoms with E-state index in [9.17, 15) is 19.7 Å². The Labute approximate surface area is 114 Å². The maximum Gasteiger partial charge on any atom is 0.344 e. The van der Waals surface area contributed by atoms with Crippen molar-refractivity contribution in [2.75, 3.05) is 0 Å². The molecule has 1 unspecified atom stereocenters. The summed E-state index contributed by atoms with van der Waals surface area (Å²) in [4.78, 5) is 32.8. The second-order valence-electron chi connectivity index (χ2n) is 4.62. The van der Waals surface area contributed by atoms with Crippen molar-refractivity contribution in [3.63, 3.8) is 0 Å². The predicted molar refractivity (Wildman–Crippen MR) is 67.9 cm³/mol. The Morgan fingerprint density at radius 2 is 2.15 bits per heavy atom. The van der Waals surface area contributed by atoms with Gasteiger partial charge in [-0.25, -0.2) is 4.79 Å². The van der Waals surface area contributed by atoms with Crippen LogP contribution in [0, 0.1) is 10.1 Å². The second kappa shape index (κ2) is 5.28. The summed E-state index contributed by atoms with van der Waals surface area (Å²) < 4.78 is 5.13. The molecule has 20 heavy (non-hydrogen) atoms. The molecule has 7 heteroatoms. The molecule has 2 rings (SSSR count). The van der Waals surface area contributed by atoms with Crippen LogP contribution in [-0.2, 0) is 22.4 Å². The third kappa shape index (κ3) is 2.61. The molecule has 1 atom stereocenters. The molecule has 1 aromatic rings. The number of ketones is 1. The molecule has 1 aromatic carbocycles. The van der Waals surface area contributed by atoms with Gasteiger partial charge in [0.05, 0.1) is 4.92 Å². The number of nitrogens with zero attached hydrogens (tertiary/aromatic N) is 1. The van der Waals surface area contributed by atoms with Gasteiger partial charge in [0.25, 0.3) is 0 Å². The first-order chi connectivity index (χ1) is 9.40. The predicted octanol–water partition coefficient (Wildman–Crippen LogP) is 1.50. The van der Waals surface area contributed by atoms with Crippen molar-refractivity contribution < 1.29 is 24.4 Å². The Balaban J connectivity index is 2.46. The van der Waals surface area contributed by atoms with Crippen molar-refractivity contribution >= 4 is 17.4 Å². The lowest BCUT2D eigenvalue weighted by molar-refractivity contribution is -0.386. The first kappa shape index (κ1) is 14.0. The van der Waals surface area contributed by atoms with Crippen LogP contribution >= 0.6 is 0 Å². The fourth-order valence-electron chi connectivity index (χ4n) is 2.20. The Morgan fingerprint density at radius 1 is 1.45 bits per heavy atom. The molecular weight excluding hydrogens is 266 g/mol. The lowest BCUT2D eigenvalue weighted by Crippen LogP contribution is -2.24. The van der Waals surface area contributed by atoms with E-state index >= 15 is 0 Å². The third-order valence-electron chi connectivity index (χ3n) is 3.22. The number of carbonyl (C=O) groups excluding carboxylic acids is 1. The van der Waals surface area contributed by atoms with Crippen LogP contribution in [0.5, 0.6) is 5.75 Å². The average Bonchev–Trinajstić information content (AvgIpc) is 2.37. The van der Waals surface area contributed by atoms with Crippen LogP contribution in [0.4, 0.5) is 5.69 Å². The summed E-state index contributed by atoms with van der Waals surface area (Å²) in [5, 5.41) is 20.0. The van der Waals surface area contributed by atoms with E-state index in [0.717, 1.165) is 0 Å². The minimum absolute atomic E-state index is 0.0411. The smallest absolute Gasteiger partial charge is 0.344 e. The van der Waals surface area contributed by atoms with Gasteiger partial charge in [-0.2, -0.15) is 0 Å². The topological polar surface area (TPSA) is 107 Å². The highest BCUT2D eigenvalue weighted by Crippen LogP contribution is 2.37. The van der Waals surface area contributed by atoms with Gasteiger partial charge in [0.1, 0.15) is 5.78 Å². The van der Waals surface area contributed by atoms with Crippen LogP contribution in [0.15, 0.2) is 12.1 Å². The van der Waals surface area contributed by atoms with E-state index in [1.54, 1.807) is 6.07 Å². The first-order valence-electron chi connectivity index (χ1n) is 6.10. The summed E-state index contributed by atoms with van der Waals surface area (Å²) in [7, 11) is 0. The van der Waals surface area contributed by atoms with Crippen molar-refractivity contribution in [3.05, 3.63) is 33.4 Å². The average molecular weight is 279 g/mol. The second-order valence-corrected chi connectivity index (χ2v) is 4.62. The lowest BCUT2D eigenvalue weighted by atomic mass is 9.89. The van der Waals surface area contributed by atoms with E-state index in [-0.39, 0.29) is 36.5 Å². The molecule has 1 N–H and O–H groups in total. The van der Waals surface area contributed by atoms with Crippen LogP contribution < -0.4 is 4.74 Å². The van der Waals surface area contributed by atoms with Crippen molar-refractivity contribution in [3.8, 4) is 5.75 Å². The van der Waals surface area contributed by atoms with Crippen molar-refractivity contribution in [1.82, 2.24) is 0 Å². The highest BCUT2D eigenvalue weighted by atomic mass is 16.6. The van der Waals surface area contributed by atoms with Crippen molar-refractivity contribution in [2.24, 2.45) is 0 Å². The van der Waals surface area contributed by atoms with E-state index in [1.165, 1.54) is 13.0 Å². The number of carboxylic acid groups (broad SMARTS) is 1. The summed E-state index contributed by atoms with van der Waals surface area (Å²) in [6, 6.07) is 2.94. The van der Waals surface area contributed by atoms with E-state index < -0.39 is 17.0 Å². The Bertz CT molecular complexity index is 595. The molecule has 0 bridgehead atoms. The molecule has 7 nitrogen and oxygen atoms in total. The van der Waals surface area contributed by atoms with Gasteiger partial charge in [-0.05, 0) is 25.0 Å². The largest absolute Gasteiger partial charge is 0.479 e. The number of hydrogen-bond donors (Lipinski definition) is 1. The first-order valence-corrected chi connectivity index (χ1v) is 6.10. The molecule has 1 aliphatic rings. The van der Waals surface area contributed by atoms with Crippen molar-refractivity contribution in [2.45, 2.75) is 32.3 Å². The van der Waals surface area contributed by atoms with E-state index in [0.29, 0.717) is 11.1 Å². The van der Waals surface area contributed by atoms with E-state index in [1.807, 2.05) is 0 Å². The van der Waals surface area contributed by atoms with Gasteiger partial charge < -0.3 is 9.84 Å². The van der Waals surface area contributed by atoms with E-state index in [4.69, 9.17) is 9.84 Å². The Hall–Kier alpha value is -2.44. The maximum absolute atomic E-state index is 11.4. The molecule has 106 valence electrons. The molecule has 0 saturated heterocycles. The Kier molecular flexibility index (Phi) is 3.69. The van der Waals surface area contributed by atoms with Crippen LogP contribution in [0.2, 0.25) is 0 Å². The standard InChI is InChI=1S/C13H13NO6/c1-7(13(16)17)20-11-5-2-8-6-9(15)3-4-10(8)12(11)14(18)19/h2,5,7H,3-4,6H2,1H3,(H,16,17). The molecule has 0 fully saturated rings. The molecule has 0 spiro atoms. The van der Waals surface area contributed by atoms with Gasteiger partial charge in [0.2, 0.25) is 0 Å². The number of fused-ring (bicyclic) bond motifs is 1. The van der Waals surface area contributed by atoms with Crippen LogP contribution in [0.3, 0.4) is 0 Å². The highest BCUT2D eigenvalue weighted by molar-refractivity contribution is 5.84. The molecule has 0 aromatic heterocycles. The van der Waals surface area contributed by atoms with Gasteiger partial charge in [0, 0.05) is 18.4 Å². The molecule has 0 amide bonds. The van der Waals surface area contributed by atoms with Gasteiger partial charge in [-0.3, -0.25) is 14.9 Å². The zero-order valence-corrected chi connectivity index (χ0v) is 10.8. The third-order valence-corrected chi connectivity index (χ3v) is 3.22. The van der Waals surface area contributed by atoms with Gasteiger partial charge in [-0.15, -0.1) is 0 Å². The van der Waals surface area contributed by atoms with Gasteiger partial charge in [0.15, 0.2) is 11.9 Å². The number of Topliss-reactive ketones (excluding diaryl/α,β-unsaturated/α-hetero) is 1. The number of aliphatic carboxylic acids is 1. The summed E-state index contributed by atoms with van der Waals surface area (Å²) in [5.41, 5.74) is 0.844. The van der Waals surface area contributed by atoms with Gasteiger partial charge in [-0.1, -0.05) is 6.07 Å². The van der Waals surface area contributed by atoms with Gasteiger partial charge >= 0.3 is 11.7 Å². The molecule has 0 saturated carbocycles. The molecule has 0 heterocycles. The lowest BCUT2D eigenvalue weighted by Gasteiger charge is -2.18. The van der Waals surface area contributed by atoms with Crippen LogP contribution in [0.1, 0.15) is 24.5 Å². The zero-order valence-electron chi connectivity index (χ0n) is 10.8. The van der Waals surface area contributed by atoms with Crippen LogP contribution in [-0.4, -0.2) is 27.9 Å². The number of nitro benzene ring substituents is 1. The number of carboxylic acids is 1. The Morgan fingerprint density at radius 3 is 2.75 bits per heavy atom.